The third-order valence-corrected chi connectivity index (χ3v) is 4.42. The van der Waals surface area contributed by atoms with Gasteiger partial charge in [-0.2, -0.15) is 24.1 Å². The Labute approximate surface area is 182 Å². The molecule has 0 saturated carbocycles. The van der Waals surface area contributed by atoms with Crippen LogP contribution in [0.3, 0.4) is 0 Å². The zero-order chi connectivity index (χ0) is 16.7. The number of rotatable bonds is 4. The van der Waals surface area contributed by atoms with E-state index in [2.05, 4.69) is 65.8 Å². The molecule has 0 aliphatic heterocycles. The molecule has 1 aromatic rings. The van der Waals surface area contributed by atoms with Crippen LogP contribution in [0.4, 0.5) is 0 Å². The summed E-state index contributed by atoms with van der Waals surface area (Å²) >= 11 is 0. The minimum Gasteiger partial charge on any atom is -0.677 e. The van der Waals surface area contributed by atoms with Crippen molar-refractivity contribution < 1.29 is 21.7 Å². The first-order valence-electron chi connectivity index (χ1n) is 8.35. The Balaban J connectivity index is -0.000000539. The maximum absolute atomic E-state index is 6.60. The van der Waals surface area contributed by atoms with Gasteiger partial charge in [0.25, 0.3) is 0 Å². The van der Waals surface area contributed by atoms with Gasteiger partial charge in [0.1, 0.15) is 0 Å². The van der Waals surface area contributed by atoms with E-state index in [1.165, 1.54) is 39.3 Å². The van der Waals surface area contributed by atoms with E-state index in [0.717, 1.165) is 19.3 Å². The summed E-state index contributed by atoms with van der Waals surface area (Å²) in [6, 6.07) is 8.76. The standard InChI is InChI=1S/C17H21.C4H10N.2ClH.Ti/c1-11(2)15-8-6-7-9-16(15)17-10-12(3)13(4)14(17)5;1-2-3-4-5;;;/h6-9H,10H2,1-5H3;5H,2-4H2,1H3;2*1H;/q2*-1;;;+2. The molecule has 0 heterocycles. The van der Waals surface area contributed by atoms with Gasteiger partial charge in [-0.3, -0.25) is 0 Å². The first kappa shape index (κ1) is 29.6. The van der Waals surface area contributed by atoms with Gasteiger partial charge in [-0.05, 0) is 32.8 Å². The van der Waals surface area contributed by atoms with E-state index in [1.807, 2.05) is 0 Å². The number of hydrogen-bond acceptors (Lipinski definition) is 0. The quantitative estimate of drug-likeness (QED) is 0.351. The fourth-order valence-electron chi connectivity index (χ4n) is 2.73. The molecule has 0 aromatic heterocycles. The molecule has 1 N–H and O–H groups in total. The fourth-order valence-corrected chi connectivity index (χ4v) is 2.73. The minimum atomic E-state index is 0. The average molecular weight is 418 g/mol. The van der Waals surface area contributed by atoms with E-state index >= 15 is 0 Å². The van der Waals surface area contributed by atoms with Crippen LogP contribution in [0.15, 0.2) is 41.0 Å². The summed E-state index contributed by atoms with van der Waals surface area (Å²) in [4.78, 5) is 0. The third kappa shape index (κ3) is 8.37. The van der Waals surface area contributed by atoms with Crippen molar-refractivity contribution in [1.82, 2.24) is 0 Å². The molecule has 1 aromatic carbocycles. The SMILES string of the molecule is CC1=C(C)C(C)=C(c2ccccc2[C-](C)C)C1.CCCC[NH-].Cl.Cl.[Ti+2]. The Bertz CT molecular complexity index is 561. The van der Waals surface area contributed by atoms with E-state index in [9.17, 15) is 0 Å². The number of hydrogen-bond donors (Lipinski definition) is 0. The largest absolute Gasteiger partial charge is 2.00 e. The molecule has 0 unspecified atom stereocenters. The Kier molecular flexibility index (Phi) is 17.7. The molecule has 0 bridgehead atoms. The minimum absolute atomic E-state index is 0. The predicted molar refractivity (Wildman–Crippen MR) is 114 cm³/mol. The molecule has 1 aliphatic carbocycles. The van der Waals surface area contributed by atoms with Gasteiger partial charge in [0.2, 0.25) is 0 Å². The van der Waals surface area contributed by atoms with Crippen molar-refractivity contribution in [3.8, 4) is 0 Å². The van der Waals surface area contributed by atoms with Crippen LogP contribution in [-0.4, -0.2) is 6.54 Å². The van der Waals surface area contributed by atoms with Crippen LogP contribution in [0, 0.1) is 5.92 Å². The molecular weight excluding hydrogens is 385 g/mol. The van der Waals surface area contributed by atoms with Crippen molar-refractivity contribution in [2.45, 2.75) is 60.8 Å². The molecule has 0 saturated heterocycles. The zero-order valence-corrected chi connectivity index (χ0v) is 19.6. The molecule has 25 heavy (non-hydrogen) atoms. The number of benzene rings is 1. The molecule has 1 nitrogen and oxygen atoms in total. The summed E-state index contributed by atoms with van der Waals surface area (Å²) in [5, 5.41) is 0. The molecule has 0 radical (unpaired) electrons. The van der Waals surface area contributed by atoms with Gasteiger partial charge in [-0.25, -0.2) is 0 Å². The Morgan fingerprint density at radius 1 is 1.00 bits per heavy atom. The molecule has 4 heteroatoms. The van der Waals surface area contributed by atoms with Crippen molar-refractivity contribution in [3.63, 3.8) is 0 Å². The van der Waals surface area contributed by atoms with Crippen LogP contribution in [0.25, 0.3) is 11.3 Å². The van der Waals surface area contributed by atoms with Crippen molar-refractivity contribution in [2.75, 3.05) is 6.54 Å². The van der Waals surface area contributed by atoms with Gasteiger partial charge in [-0.15, -0.1) is 42.5 Å². The molecule has 2 rings (SSSR count). The second kappa shape index (κ2) is 14.9. The predicted octanol–water partition coefficient (Wildman–Crippen LogP) is 7.84. The fraction of sp³-hybridized carbons (Fsp3) is 0.476. The van der Waals surface area contributed by atoms with Crippen molar-refractivity contribution >= 4 is 30.4 Å². The summed E-state index contributed by atoms with van der Waals surface area (Å²) < 4.78 is 0. The summed E-state index contributed by atoms with van der Waals surface area (Å²) in [5.41, 5.74) is 15.4. The van der Waals surface area contributed by atoms with E-state index in [-0.39, 0.29) is 46.5 Å². The molecule has 0 amide bonds. The van der Waals surface area contributed by atoms with Crippen molar-refractivity contribution in [1.29, 1.82) is 0 Å². The number of halogens is 2. The summed E-state index contributed by atoms with van der Waals surface area (Å²) in [5.74, 6) is 1.39. The van der Waals surface area contributed by atoms with Crippen LogP contribution in [0.5, 0.6) is 0 Å². The molecule has 0 spiro atoms. The third-order valence-electron chi connectivity index (χ3n) is 4.42. The molecule has 0 fully saturated rings. The Morgan fingerprint density at radius 2 is 1.56 bits per heavy atom. The first-order chi connectivity index (χ1) is 10.4. The van der Waals surface area contributed by atoms with Gasteiger partial charge < -0.3 is 5.73 Å². The number of nitrogens with one attached hydrogen (secondary N) is 1. The summed E-state index contributed by atoms with van der Waals surface area (Å²) in [6.45, 7) is 13.8. The van der Waals surface area contributed by atoms with Gasteiger partial charge in [-0.1, -0.05) is 56.4 Å². The Hall–Kier alpha value is -0.176. The topological polar surface area (TPSA) is 23.8 Å². The van der Waals surface area contributed by atoms with Gasteiger partial charge in [0, 0.05) is 0 Å². The van der Waals surface area contributed by atoms with E-state index in [0.29, 0.717) is 6.54 Å². The molecular formula is C21H33Cl2NTi. The van der Waals surface area contributed by atoms with Crippen molar-refractivity contribution in [3.05, 3.63) is 63.8 Å². The maximum atomic E-state index is 6.60. The maximum Gasteiger partial charge on any atom is 2.00 e. The van der Waals surface area contributed by atoms with Crippen molar-refractivity contribution in [2.24, 2.45) is 0 Å². The van der Waals surface area contributed by atoms with E-state index in [4.69, 9.17) is 5.73 Å². The van der Waals surface area contributed by atoms with E-state index in [1.54, 1.807) is 0 Å². The summed E-state index contributed by atoms with van der Waals surface area (Å²) in [7, 11) is 0. The molecule has 140 valence electrons. The van der Waals surface area contributed by atoms with Crippen LogP contribution < -0.4 is 0 Å². The van der Waals surface area contributed by atoms with Crippen LogP contribution >= 0.6 is 24.8 Å². The second-order valence-electron chi connectivity index (χ2n) is 6.33. The molecule has 1 aliphatic rings. The van der Waals surface area contributed by atoms with Crippen LogP contribution in [0.1, 0.15) is 71.9 Å². The zero-order valence-electron chi connectivity index (χ0n) is 16.5. The van der Waals surface area contributed by atoms with Gasteiger partial charge in [0.15, 0.2) is 0 Å². The monoisotopic (exact) mass is 417 g/mol. The average Bonchev–Trinajstić information content (AvgIpc) is 2.76. The van der Waals surface area contributed by atoms with Crippen LogP contribution in [-0.2, 0) is 21.7 Å². The smallest absolute Gasteiger partial charge is 0.677 e. The second-order valence-corrected chi connectivity index (χ2v) is 6.33. The number of unbranched alkanes of at least 4 members (excludes halogenated alkanes) is 1. The van der Waals surface area contributed by atoms with Gasteiger partial charge >= 0.3 is 21.7 Å². The van der Waals surface area contributed by atoms with E-state index < -0.39 is 0 Å². The van der Waals surface area contributed by atoms with Crippen LogP contribution in [0.2, 0.25) is 0 Å². The normalized spacial score (nSPS) is 12.4. The number of allylic oxidation sites excluding steroid dienone is 4. The molecule has 0 atom stereocenters. The van der Waals surface area contributed by atoms with Gasteiger partial charge in [0.05, 0.1) is 0 Å². The first-order valence-corrected chi connectivity index (χ1v) is 8.35. The summed E-state index contributed by atoms with van der Waals surface area (Å²) in [6.07, 6.45) is 3.32. The Morgan fingerprint density at radius 3 is 1.92 bits per heavy atom.